The number of hydrogen-bond donors (Lipinski definition) is 0. The van der Waals surface area contributed by atoms with Crippen molar-refractivity contribution in [2.45, 2.75) is 232 Å². The van der Waals surface area contributed by atoms with E-state index < -0.39 is 6.10 Å². The lowest BCUT2D eigenvalue weighted by atomic mass is 10.1. The molecule has 0 bridgehead atoms. The molecule has 6 nitrogen and oxygen atoms in total. The second-order valence-corrected chi connectivity index (χ2v) is 16.3. The number of esters is 3. The van der Waals surface area contributed by atoms with Gasteiger partial charge in [0.1, 0.15) is 13.2 Å². The SMILES string of the molecule is CC/C=C\C/C=C\C/C=C\CCCCCCC(=O)OCC(COC(=O)CCCCCCCCC/C=C\CCCCCC)OC(=O)CCCCCC/C=C\C/C=C\C/C=C\CC. The summed E-state index contributed by atoms with van der Waals surface area (Å²) in [7, 11) is 0. The Hall–Kier alpha value is -3.41. The molecule has 348 valence electrons. The van der Waals surface area contributed by atoms with Crippen molar-refractivity contribution in [3.05, 3.63) is 85.1 Å². The molecular formula is C55H92O6. The van der Waals surface area contributed by atoms with Crippen LogP contribution in [0.2, 0.25) is 0 Å². The molecule has 61 heavy (non-hydrogen) atoms. The minimum atomic E-state index is -0.799. The number of unbranched alkanes of at least 4 members (excludes halogenated alkanes) is 19. The van der Waals surface area contributed by atoms with E-state index in [2.05, 4.69) is 106 Å². The number of rotatable bonds is 44. The van der Waals surface area contributed by atoms with Crippen molar-refractivity contribution < 1.29 is 28.6 Å². The van der Waals surface area contributed by atoms with Crippen LogP contribution in [0.1, 0.15) is 226 Å². The average molecular weight is 849 g/mol. The van der Waals surface area contributed by atoms with Gasteiger partial charge in [0.15, 0.2) is 6.10 Å². The third kappa shape index (κ3) is 47.5. The molecule has 1 atom stereocenters. The normalized spacial score (nSPS) is 12.8. The number of hydrogen-bond acceptors (Lipinski definition) is 6. The quantitative estimate of drug-likeness (QED) is 0.0263. The van der Waals surface area contributed by atoms with Gasteiger partial charge in [-0.25, -0.2) is 0 Å². The lowest BCUT2D eigenvalue weighted by Gasteiger charge is -2.18. The zero-order valence-corrected chi connectivity index (χ0v) is 39.7. The monoisotopic (exact) mass is 849 g/mol. The molecule has 0 aliphatic rings. The van der Waals surface area contributed by atoms with Crippen LogP contribution in [0, 0.1) is 0 Å². The third-order valence-corrected chi connectivity index (χ3v) is 10.4. The van der Waals surface area contributed by atoms with Crippen molar-refractivity contribution >= 4 is 17.9 Å². The predicted octanol–water partition coefficient (Wildman–Crippen LogP) is 16.4. The van der Waals surface area contributed by atoms with Crippen LogP contribution in [0.3, 0.4) is 0 Å². The van der Waals surface area contributed by atoms with Crippen molar-refractivity contribution in [3.63, 3.8) is 0 Å². The average Bonchev–Trinajstić information content (AvgIpc) is 3.26. The fraction of sp³-hybridized carbons (Fsp3) is 0.691. The number of carbonyl (C=O) groups is 3. The van der Waals surface area contributed by atoms with Crippen molar-refractivity contribution in [1.29, 1.82) is 0 Å². The highest BCUT2D eigenvalue weighted by molar-refractivity contribution is 5.71. The standard InChI is InChI=1S/C55H92O6/c1-4-7-10-13-16-19-22-25-28-31-33-36-39-42-45-48-54(57)60-51-52(61-55(58)49-46-43-40-37-34-30-27-24-21-18-15-12-9-6-3)50-59-53(56)47-44-41-38-35-32-29-26-23-20-17-14-11-8-5-2/h8-9,11-12,17-22,26-27,29-30,52H,4-7,10,13-16,23-25,28,31-51H2,1-3H3/b11-8-,12-9-,20-17-,21-18-,22-19-,29-26-,30-27-. The van der Waals surface area contributed by atoms with E-state index in [1.165, 1.54) is 64.2 Å². The molecule has 0 aliphatic heterocycles. The van der Waals surface area contributed by atoms with E-state index >= 15 is 0 Å². The van der Waals surface area contributed by atoms with Gasteiger partial charge in [0.25, 0.3) is 0 Å². The van der Waals surface area contributed by atoms with Gasteiger partial charge >= 0.3 is 17.9 Å². The Kier molecular flexibility index (Phi) is 46.5. The van der Waals surface area contributed by atoms with E-state index in [1.807, 2.05) is 0 Å². The second kappa shape index (κ2) is 49.2. The van der Waals surface area contributed by atoms with Gasteiger partial charge in [0.05, 0.1) is 0 Å². The van der Waals surface area contributed by atoms with E-state index in [9.17, 15) is 14.4 Å². The highest BCUT2D eigenvalue weighted by atomic mass is 16.6. The molecule has 1 unspecified atom stereocenters. The van der Waals surface area contributed by atoms with Crippen LogP contribution in [0.4, 0.5) is 0 Å². The van der Waals surface area contributed by atoms with Crippen molar-refractivity contribution in [2.24, 2.45) is 0 Å². The van der Waals surface area contributed by atoms with E-state index in [0.717, 1.165) is 122 Å². The molecule has 0 amide bonds. The number of allylic oxidation sites excluding steroid dienone is 14. The summed E-state index contributed by atoms with van der Waals surface area (Å²) in [6, 6.07) is 0. The van der Waals surface area contributed by atoms with Gasteiger partial charge in [-0.15, -0.1) is 0 Å². The highest BCUT2D eigenvalue weighted by Crippen LogP contribution is 2.13. The molecular weight excluding hydrogens is 757 g/mol. The Labute approximate surface area is 375 Å². The molecule has 0 spiro atoms. The third-order valence-electron chi connectivity index (χ3n) is 10.4. The van der Waals surface area contributed by atoms with Gasteiger partial charge in [0, 0.05) is 19.3 Å². The molecule has 0 saturated heterocycles. The highest BCUT2D eigenvalue weighted by Gasteiger charge is 2.19. The maximum absolute atomic E-state index is 12.8. The summed E-state index contributed by atoms with van der Waals surface area (Å²) in [6.07, 6.45) is 62.8. The molecule has 0 rings (SSSR count). The molecule has 0 saturated carbocycles. The fourth-order valence-corrected chi connectivity index (χ4v) is 6.64. The Morgan fingerprint density at radius 3 is 1.02 bits per heavy atom. The Morgan fingerprint density at radius 2 is 0.639 bits per heavy atom. The summed E-state index contributed by atoms with van der Waals surface area (Å²) in [5.74, 6) is -0.948. The summed E-state index contributed by atoms with van der Waals surface area (Å²) in [4.78, 5) is 37.9. The van der Waals surface area contributed by atoms with Crippen LogP contribution in [-0.4, -0.2) is 37.2 Å². The fourth-order valence-electron chi connectivity index (χ4n) is 6.64. The number of carbonyl (C=O) groups excluding carboxylic acids is 3. The smallest absolute Gasteiger partial charge is 0.306 e. The minimum absolute atomic E-state index is 0.0960. The zero-order chi connectivity index (χ0) is 44.4. The summed E-state index contributed by atoms with van der Waals surface area (Å²) in [6.45, 7) is 6.35. The minimum Gasteiger partial charge on any atom is -0.462 e. The van der Waals surface area contributed by atoms with Crippen molar-refractivity contribution in [2.75, 3.05) is 13.2 Å². The molecule has 0 N–H and O–H groups in total. The van der Waals surface area contributed by atoms with Gasteiger partial charge in [-0.05, 0) is 109 Å². The summed E-state index contributed by atoms with van der Waals surface area (Å²) < 4.78 is 16.7. The number of ether oxygens (including phenoxy) is 3. The van der Waals surface area contributed by atoms with Crippen LogP contribution in [0.5, 0.6) is 0 Å². The van der Waals surface area contributed by atoms with Crippen LogP contribution in [0.25, 0.3) is 0 Å². The van der Waals surface area contributed by atoms with E-state index in [1.54, 1.807) is 0 Å². The largest absolute Gasteiger partial charge is 0.462 e. The van der Waals surface area contributed by atoms with Gasteiger partial charge in [0.2, 0.25) is 0 Å². The van der Waals surface area contributed by atoms with Gasteiger partial charge < -0.3 is 14.2 Å². The van der Waals surface area contributed by atoms with Gasteiger partial charge in [-0.3, -0.25) is 14.4 Å². The van der Waals surface area contributed by atoms with E-state index in [0.29, 0.717) is 19.3 Å². The first-order valence-electron chi connectivity index (χ1n) is 25.1. The second-order valence-electron chi connectivity index (χ2n) is 16.3. The Morgan fingerprint density at radius 1 is 0.344 bits per heavy atom. The van der Waals surface area contributed by atoms with E-state index in [-0.39, 0.29) is 31.1 Å². The summed E-state index contributed by atoms with van der Waals surface area (Å²) >= 11 is 0. The topological polar surface area (TPSA) is 78.9 Å². The molecule has 0 aromatic carbocycles. The molecule has 0 heterocycles. The lowest BCUT2D eigenvalue weighted by Crippen LogP contribution is -2.30. The molecule has 0 aromatic heterocycles. The van der Waals surface area contributed by atoms with E-state index in [4.69, 9.17) is 14.2 Å². The van der Waals surface area contributed by atoms with Crippen molar-refractivity contribution in [3.8, 4) is 0 Å². The predicted molar refractivity (Wildman–Crippen MR) is 261 cm³/mol. The molecule has 0 radical (unpaired) electrons. The molecule has 0 aliphatic carbocycles. The van der Waals surface area contributed by atoms with Crippen LogP contribution in [-0.2, 0) is 28.6 Å². The first kappa shape index (κ1) is 57.6. The molecule has 0 fully saturated rings. The first-order valence-corrected chi connectivity index (χ1v) is 25.1. The first-order chi connectivity index (χ1) is 30.0. The van der Waals surface area contributed by atoms with Crippen LogP contribution >= 0.6 is 0 Å². The Balaban J connectivity index is 4.46. The van der Waals surface area contributed by atoms with Gasteiger partial charge in [-0.2, -0.15) is 0 Å². The zero-order valence-electron chi connectivity index (χ0n) is 39.7. The summed E-state index contributed by atoms with van der Waals surface area (Å²) in [5.41, 5.74) is 0. The summed E-state index contributed by atoms with van der Waals surface area (Å²) in [5, 5.41) is 0. The molecule has 6 heteroatoms. The maximum atomic E-state index is 12.8. The maximum Gasteiger partial charge on any atom is 0.306 e. The Bertz CT molecular complexity index is 1200. The lowest BCUT2D eigenvalue weighted by molar-refractivity contribution is -0.167. The molecule has 0 aromatic rings. The van der Waals surface area contributed by atoms with Crippen LogP contribution < -0.4 is 0 Å². The van der Waals surface area contributed by atoms with Crippen LogP contribution in [0.15, 0.2) is 85.1 Å². The van der Waals surface area contributed by atoms with Gasteiger partial charge in [-0.1, -0.05) is 183 Å². The van der Waals surface area contributed by atoms with Crippen molar-refractivity contribution in [1.82, 2.24) is 0 Å².